The average Bonchev–Trinajstić information content (AvgIpc) is 3.42. The summed E-state index contributed by atoms with van der Waals surface area (Å²) in [6, 6.07) is 17.7. The molecule has 6 nitrogen and oxygen atoms in total. The molecule has 0 aliphatic rings. The number of pyridine rings is 1. The highest BCUT2D eigenvalue weighted by molar-refractivity contribution is 7.99. The van der Waals surface area contributed by atoms with Gasteiger partial charge in [-0.25, -0.2) is 0 Å². The van der Waals surface area contributed by atoms with Gasteiger partial charge in [-0.2, -0.15) is 0 Å². The first-order valence-electron chi connectivity index (χ1n) is 9.07. The molecule has 4 rings (SSSR count). The monoisotopic (exact) mass is 421 g/mol. The van der Waals surface area contributed by atoms with Gasteiger partial charge in [-0.1, -0.05) is 42.1 Å². The van der Waals surface area contributed by atoms with Crippen molar-refractivity contribution in [2.75, 3.05) is 5.75 Å². The number of nitrogens with one attached hydrogen (secondary N) is 1. The first-order valence-corrected chi connectivity index (χ1v) is 10.9. The van der Waals surface area contributed by atoms with Gasteiger partial charge < -0.3 is 5.32 Å². The van der Waals surface area contributed by atoms with Crippen LogP contribution in [0.1, 0.15) is 10.4 Å². The first-order chi connectivity index (χ1) is 14.2. The van der Waals surface area contributed by atoms with E-state index in [1.807, 2.05) is 71.5 Å². The Bertz CT molecular complexity index is 1090. The predicted molar refractivity (Wildman–Crippen MR) is 116 cm³/mol. The zero-order valence-electron chi connectivity index (χ0n) is 15.8. The number of carbonyl (C=O) groups excluding carboxylic acids is 1. The molecular weight excluding hydrogens is 402 g/mol. The molecule has 0 aliphatic heterocycles. The number of hydrogen-bond donors (Lipinski definition) is 1. The molecule has 0 bridgehead atoms. The van der Waals surface area contributed by atoms with Crippen LogP contribution in [-0.4, -0.2) is 31.4 Å². The van der Waals surface area contributed by atoms with Gasteiger partial charge in [0.15, 0.2) is 11.0 Å². The number of carbonyl (C=O) groups is 1. The van der Waals surface area contributed by atoms with Gasteiger partial charge in [0.25, 0.3) is 0 Å². The lowest BCUT2D eigenvalue weighted by Crippen LogP contribution is -2.24. The average molecular weight is 422 g/mol. The Morgan fingerprint density at radius 1 is 1.10 bits per heavy atom. The van der Waals surface area contributed by atoms with Crippen molar-refractivity contribution in [1.82, 2.24) is 25.1 Å². The van der Waals surface area contributed by atoms with Crippen LogP contribution in [0.5, 0.6) is 0 Å². The quantitative estimate of drug-likeness (QED) is 0.455. The molecule has 1 amide bonds. The van der Waals surface area contributed by atoms with Gasteiger partial charge >= 0.3 is 0 Å². The van der Waals surface area contributed by atoms with Crippen molar-refractivity contribution in [2.45, 2.75) is 18.6 Å². The maximum atomic E-state index is 12.3. The summed E-state index contributed by atoms with van der Waals surface area (Å²) in [5.41, 5.74) is 2.80. The fourth-order valence-corrected chi connectivity index (χ4v) is 4.26. The topological polar surface area (TPSA) is 72.7 Å². The van der Waals surface area contributed by atoms with Gasteiger partial charge in [-0.05, 0) is 42.1 Å². The third-order valence-electron chi connectivity index (χ3n) is 4.26. The third-order valence-corrected chi connectivity index (χ3v) is 6.06. The molecule has 146 valence electrons. The molecular formula is C21H19N5OS2. The Balaban J connectivity index is 1.57. The highest BCUT2D eigenvalue weighted by Gasteiger charge is 2.19. The minimum absolute atomic E-state index is 0.0397. The van der Waals surface area contributed by atoms with Crippen LogP contribution in [0.25, 0.3) is 17.2 Å². The minimum atomic E-state index is -0.0397. The number of aryl methyl sites for hydroxylation is 1. The molecule has 4 aromatic rings. The molecule has 0 spiro atoms. The highest BCUT2D eigenvalue weighted by atomic mass is 32.2. The lowest BCUT2D eigenvalue weighted by Gasteiger charge is -2.12. The van der Waals surface area contributed by atoms with Crippen LogP contribution in [-0.2, 0) is 11.3 Å². The van der Waals surface area contributed by atoms with E-state index in [0.29, 0.717) is 17.5 Å². The van der Waals surface area contributed by atoms with Crippen LogP contribution in [0.3, 0.4) is 0 Å². The Kier molecular flexibility index (Phi) is 6.02. The molecule has 0 saturated heterocycles. The number of rotatable bonds is 7. The number of thioether (sulfide) groups is 1. The lowest BCUT2D eigenvalue weighted by molar-refractivity contribution is -0.118. The molecule has 0 unspecified atom stereocenters. The molecule has 0 atom stereocenters. The van der Waals surface area contributed by atoms with Gasteiger partial charge in [0.1, 0.15) is 5.69 Å². The fraction of sp³-hybridized carbons (Fsp3) is 0.143. The van der Waals surface area contributed by atoms with Crippen LogP contribution in [0.4, 0.5) is 0 Å². The summed E-state index contributed by atoms with van der Waals surface area (Å²) >= 11 is 2.99. The van der Waals surface area contributed by atoms with Crippen molar-refractivity contribution in [3.8, 4) is 17.2 Å². The van der Waals surface area contributed by atoms with Gasteiger partial charge in [-0.3, -0.25) is 14.3 Å². The largest absolute Gasteiger partial charge is 0.350 e. The minimum Gasteiger partial charge on any atom is -0.350 e. The van der Waals surface area contributed by atoms with E-state index in [4.69, 9.17) is 0 Å². The third kappa shape index (κ3) is 4.55. The molecule has 0 radical (unpaired) electrons. The van der Waals surface area contributed by atoms with Gasteiger partial charge in [0.05, 0.1) is 18.0 Å². The number of amides is 1. The lowest BCUT2D eigenvalue weighted by atomic mass is 10.2. The number of benzene rings is 1. The van der Waals surface area contributed by atoms with Crippen LogP contribution in [0.2, 0.25) is 0 Å². The standard InChI is InChI=1S/C21H19N5OS2/c1-15-7-2-3-10-18(15)26-20(17-9-4-5-11-22-17)24-25-21(26)29-14-19(27)23-13-16-8-6-12-28-16/h2-12H,13-14H2,1H3,(H,23,27). The summed E-state index contributed by atoms with van der Waals surface area (Å²) in [6.45, 7) is 2.58. The fourth-order valence-electron chi connectivity index (χ4n) is 2.84. The summed E-state index contributed by atoms with van der Waals surface area (Å²) in [6.07, 6.45) is 1.73. The zero-order chi connectivity index (χ0) is 20.1. The molecule has 0 saturated carbocycles. The van der Waals surface area contributed by atoms with E-state index >= 15 is 0 Å². The Morgan fingerprint density at radius 3 is 2.72 bits per heavy atom. The van der Waals surface area contributed by atoms with Crippen molar-refractivity contribution in [3.05, 3.63) is 76.6 Å². The second-order valence-corrected chi connectivity index (χ2v) is 8.26. The molecule has 1 aromatic carbocycles. The number of nitrogens with zero attached hydrogens (tertiary/aromatic N) is 4. The summed E-state index contributed by atoms with van der Waals surface area (Å²) < 4.78 is 1.97. The Labute approximate surface area is 177 Å². The summed E-state index contributed by atoms with van der Waals surface area (Å²) in [5, 5.41) is 14.3. The number of thiophene rings is 1. The smallest absolute Gasteiger partial charge is 0.230 e. The SMILES string of the molecule is Cc1ccccc1-n1c(SCC(=O)NCc2cccs2)nnc1-c1ccccn1. The highest BCUT2D eigenvalue weighted by Crippen LogP contribution is 2.28. The zero-order valence-corrected chi connectivity index (χ0v) is 17.4. The molecule has 29 heavy (non-hydrogen) atoms. The Morgan fingerprint density at radius 2 is 1.97 bits per heavy atom. The number of aromatic nitrogens is 4. The second kappa shape index (κ2) is 9.02. The van der Waals surface area contributed by atoms with E-state index in [1.54, 1.807) is 17.5 Å². The number of para-hydroxylation sites is 1. The van der Waals surface area contributed by atoms with Gasteiger partial charge in [-0.15, -0.1) is 21.5 Å². The van der Waals surface area contributed by atoms with E-state index in [-0.39, 0.29) is 11.7 Å². The summed E-state index contributed by atoms with van der Waals surface area (Å²) in [5.74, 6) is 0.876. The molecule has 0 aliphatic carbocycles. The molecule has 1 N–H and O–H groups in total. The molecule has 0 fully saturated rings. The van der Waals surface area contributed by atoms with Gasteiger partial charge in [0, 0.05) is 11.1 Å². The van der Waals surface area contributed by atoms with Crippen molar-refractivity contribution < 1.29 is 4.79 Å². The predicted octanol–water partition coefficient (Wildman–Crippen LogP) is 4.11. The van der Waals surface area contributed by atoms with E-state index in [0.717, 1.165) is 21.8 Å². The van der Waals surface area contributed by atoms with Gasteiger partial charge in [0.2, 0.25) is 5.91 Å². The normalized spacial score (nSPS) is 10.8. The van der Waals surface area contributed by atoms with Crippen molar-refractivity contribution >= 4 is 29.0 Å². The second-order valence-electron chi connectivity index (χ2n) is 6.29. The maximum Gasteiger partial charge on any atom is 0.230 e. The van der Waals surface area contributed by atoms with E-state index in [1.165, 1.54) is 11.8 Å². The molecule has 3 aromatic heterocycles. The molecule has 3 heterocycles. The van der Waals surface area contributed by atoms with Crippen LogP contribution >= 0.6 is 23.1 Å². The maximum absolute atomic E-state index is 12.3. The van der Waals surface area contributed by atoms with Crippen molar-refractivity contribution in [2.24, 2.45) is 0 Å². The van der Waals surface area contributed by atoms with Crippen LogP contribution in [0, 0.1) is 6.92 Å². The summed E-state index contributed by atoms with van der Waals surface area (Å²) in [7, 11) is 0. The van der Waals surface area contributed by atoms with E-state index in [9.17, 15) is 4.79 Å². The van der Waals surface area contributed by atoms with Crippen molar-refractivity contribution in [1.29, 1.82) is 0 Å². The number of hydrogen-bond acceptors (Lipinski definition) is 6. The first kappa shape index (κ1) is 19.4. The van der Waals surface area contributed by atoms with Crippen molar-refractivity contribution in [3.63, 3.8) is 0 Å². The Hall–Kier alpha value is -2.97. The van der Waals surface area contributed by atoms with Crippen LogP contribution in [0.15, 0.2) is 71.3 Å². The summed E-state index contributed by atoms with van der Waals surface area (Å²) in [4.78, 5) is 17.9. The van der Waals surface area contributed by atoms with E-state index in [2.05, 4.69) is 20.5 Å². The van der Waals surface area contributed by atoms with E-state index < -0.39 is 0 Å². The van der Waals surface area contributed by atoms with Crippen LogP contribution < -0.4 is 5.32 Å². The molecule has 8 heteroatoms.